The molecule has 0 aliphatic heterocycles. The molecule has 0 N–H and O–H groups in total. The van der Waals surface area contributed by atoms with Crippen LogP contribution in [0.4, 0.5) is 8.78 Å². The Morgan fingerprint density at radius 3 is 2.70 bits per heavy atom. The van der Waals surface area contributed by atoms with E-state index in [9.17, 15) is 8.78 Å². The molecular formula is C16H11F2N5. The molecule has 0 unspecified atom stereocenters. The van der Waals surface area contributed by atoms with E-state index in [0.717, 1.165) is 29.9 Å². The van der Waals surface area contributed by atoms with Crippen molar-refractivity contribution in [1.29, 1.82) is 0 Å². The van der Waals surface area contributed by atoms with Crippen LogP contribution >= 0.6 is 0 Å². The molecule has 3 heterocycles. The van der Waals surface area contributed by atoms with E-state index in [1.807, 2.05) is 15.2 Å². The Morgan fingerprint density at radius 1 is 1.04 bits per heavy atom. The van der Waals surface area contributed by atoms with E-state index in [1.165, 1.54) is 6.07 Å². The van der Waals surface area contributed by atoms with E-state index in [2.05, 4.69) is 15.0 Å². The summed E-state index contributed by atoms with van der Waals surface area (Å²) in [5.74, 6) is -1.11. The molecule has 5 nitrogen and oxygen atoms in total. The van der Waals surface area contributed by atoms with E-state index >= 15 is 0 Å². The Kier molecular flexibility index (Phi) is 2.40. The summed E-state index contributed by atoms with van der Waals surface area (Å²) >= 11 is 0. The number of rotatable bonds is 2. The van der Waals surface area contributed by atoms with Crippen LogP contribution in [0.5, 0.6) is 0 Å². The average molecular weight is 311 g/mol. The summed E-state index contributed by atoms with van der Waals surface area (Å²) in [7, 11) is 0. The zero-order valence-electron chi connectivity index (χ0n) is 11.9. The first kappa shape index (κ1) is 12.7. The van der Waals surface area contributed by atoms with Crippen LogP contribution in [-0.2, 0) is 0 Å². The van der Waals surface area contributed by atoms with Crippen molar-refractivity contribution in [2.45, 2.75) is 18.9 Å². The van der Waals surface area contributed by atoms with Gasteiger partial charge < -0.3 is 4.57 Å². The zero-order valence-corrected chi connectivity index (χ0v) is 11.9. The van der Waals surface area contributed by atoms with E-state index < -0.39 is 11.6 Å². The SMILES string of the molecule is Fc1cc2nc(-n3cnc4cnccc43)n(C3CC3)c2cc1F. The van der Waals surface area contributed by atoms with Crippen LogP contribution < -0.4 is 0 Å². The highest BCUT2D eigenvalue weighted by Crippen LogP contribution is 2.40. The second kappa shape index (κ2) is 4.34. The third-order valence-corrected chi connectivity index (χ3v) is 4.19. The minimum atomic E-state index is -0.885. The van der Waals surface area contributed by atoms with Gasteiger partial charge in [0.15, 0.2) is 11.6 Å². The summed E-state index contributed by atoms with van der Waals surface area (Å²) in [6.45, 7) is 0. The molecular weight excluding hydrogens is 300 g/mol. The van der Waals surface area contributed by atoms with Gasteiger partial charge in [-0.2, -0.15) is 0 Å². The lowest BCUT2D eigenvalue weighted by Gasteiger charge is -2.08. The lowest BCUT2D eigenvalue weighted by atomic mass is 10.3. The highest BCUT2D eigenvalue weighted by Gasteiger charge is 2.30. The summed E-state index contributed by atoms with van der Waals surface area (Å²) in [5.41, 5.74) is 2.66. The fraction of sp³-hybridized carbons (Fsp3) is 0.188. The summed E-state index contributed by atoms with van der Waals surface area (Å²) in [4.78, 5) is 12.9. The first-order valence-electron chi connectivity index (χ1n) is 7.37. The van der Waals surface area contributed by atoms with Crippen molar-refractivity contribution in [1.82, 2.24) is 24.1 Å². The van der Waals surface area contributed by atoms with Gasteiger partial charge in [0.05, 0.1) is 22.7 Å². The van der Waals surface area contributed by atoms with Crippen LogP contribution in [0.25, 0.3) is 28.0 Å². The fourth-order valence-electron chi connectivity index (χ4n) is 2.96. The molecule has 3 aromatic heterocycles. The van der Waals surface area contributed by atoms with Gasteiger partial charge in [-0.1, -0.05) is 0 Å². The van der Waals surface area contributed by atoms with E-state index in [4.69, 9.17) is 0 Å². The monoisotopic (exact) mass is 311 g/mol. The fourth-order valence-corrected chi connectivity index (χ4v) is 2.96. The summed E-state index contributed by atoms with van der Waals surface area (Å²) in [6, 6.07) is 4.48. The Labute approximate surface area is 129 Å². The van der Waals surface area contributed by atoms with Crippen LogP contribution in [-0.4, -0.2) is 24.1 Å². The maximum atomic E-state index is 13.7. The average Bonchev–Trinajstić information content (AvgIpc) is 3.19. The van der Waals surface area contributed by atoms with Crippen LogP contribution in [0.1, 0.15) is 18.9 Å². The van der Waals surface area contributed by atoms with Gasteiger partial charge in [-0.05, 0) is 18.9 Å². The Bertz CT molecular complexity index is 1060. The van der Waals surface area contributed by atoms with Crippen LogP contribution in [0.2, 0.25) is 0 Å². The molecule has 0 bridgehead atoms. The summed E-state index contributed by atoms with van der Waals surface area (Å²) in [5, 5.41) is 0. The van der Waals surface area contributed by atoms with Gasteiger partial charge >= 0.3 is 0 Å². The number of halogens is 2. The molecule has 1 aliphatic rings. The lowest BCUT2D eigenvalue weighted by Crippen LogP contribution is -2.04. The molecule has 23 heavy (non-hydrogen) atoms. The molecule has 114 valence electrons. The Morgan fingerprint density at radius 2 is 1.87 bits per heavy atom. The highest BCUT2D eigenvalue weighted by atomic mass is 19.2. The normalized spacial score (nSPS) is 14.9. The Balaban J connectivity index is 1.85. The number of hydrogen-bond acceptors (Lipinski definition) is 3. The topological polar surface area (TPSA) is 48.5 Å². The largest absolute Gasteiger partial charge is 0.306 e. The van der Waals surface area contributed by atoms with Gasteiger partial charge in [-0.3, -0.25) is 9.55 Å². The predicted molar refractivity (Wildman–Crippen MR) is 80.3 cm³/mol. The maximum absolute atomic E-state index is 13.7. The van der Waals surface area contributed by atoms with E-state index in [0.29, 0.717) is 17.0 Å². The van der Waals surface area contributed by atoms with Crippen molar-refractivity contribution < 1.29 is 8.78 Å². The first-order valence-corrected chi connectivity index (χ1v) is 7.37. The molecule has 1 saturated carbocycles. The van der Waals surface area contributed by atoms with E-state index in [1.54, 1.807) is 18.7 Å². The summed E-state index contributed by atoms with van der Waals surface area (Å²) < 4.78 is 31.0. The lowest BCUT2D eigenvalue weighted by molar-refractivity contribution is 0.510. The molecule has 0 saturated heterocycles. The molecule has 5 rings (SSSR count). The molecule has 0 amide bonds. The third-order valence-electron chi connectivity index (χ3n) is 4.19. The van der Waals surface area contributed by atoms with Crippen molar-refractivity contribution in [3.05, 3.63) is 48.6 Å². The molecule has 0 radical (unpaired) electrons. The minimum absolute atomic E-state index is 0.263. The number of hydrogen-bond donors (Lipinski definition) is 0. The van der Waals surface area contributed by atoms with Gasteiger partial charge in [0.25, 0.3) is 0 Å². The first-order chi connectivity index (χ1) is 11.2. The number of imidazole rings is 2. The molecule has 0 spiro atoms. The van der Waals surface area contributed by atoms with E-state index in [-0.39, 0.29) is 6.04 Å². The second-order valence-electron chi connectivity index (χ2n) is 5.75. The van der Waals surface area contributed by atoms with Crippen LogP contribution in [0.3, 0.4) is 0 Å². The second-order valence-corrected chi connectivity index (χ2v) is 5.75. The quantitative estimate of drug-likeness (QED) is 0.570. The molecule has 4 aromatic rings. The van der Waals surface area contributed by atoms with Gasteiger partial charge in [0.2, 0.25) is 5.95 Å². The summed E-state index contributed by atoms with van der Waals surface area (Å²) in [6.07, 6.45) is 7.04. The van der Waals surface area contributed by atoms with Gasteiger partial charge in [0.1, 0.15) is 11.8 Å². The number of aromatic nitrogens is 5. The zero-order chi connectivity index (χ0) is 15.6. The third kappa shape index (κ3) is 1.79. The van der Waals surface area contributed by atoms with Crippen molar-refractivity contribution in [3.63, 3.8) is 0 Å². The van der Waals surface area contributed by atoms with Crippen molar-refractivity contribution >= 4 is 22.1 Å². The van der Waals surface area contributed by atoms with Gasteiger partial charge in [-0.15, -0.1) is 0 Å². The molecule has 7 heteroatoms. The van der Waals surface area contributed by atoms with Crippen molar-refractivity contribution in [2.24, 2.45) is 0 Å². The molecule has 1 aromatic carbocycles. The number of pyridine rings is 1. The van der Waals surface area contributed by atoms with Crippen LogP contribution in [0, 0.1) is 11.6 Å². The van der Waals surface area contributed by atoms with Crippen molar-refractivity contribution in [2.75, 3.05) is 0 Å². The number of nitrogens with zero attached hydrogens (tertiary/aromatic N) is 5. The standard InChI is InChI=1S/C16H11F2N5/c17-10-5-12-15(6-11(10)18)23(9-1-2-9)16(21-12)22-8-20-13-7-19-4-3-14(13)22/h3-9H,1-2H2. The predicted octanol–water partition coefficient (Wildman–Crippen LogP) is 3.38. The molecule has 0 atom stereocenters. The maximum Gasteiger partial charge on any atom is 0.216 e. The van der Waals surface area contributed by atoms with Crippen LogP contribution in [0.15, 0.2) is 36.9 Å². The number of benzene rings is 1. The smallest absolute Gasteiger partial charge is 0.216 e. The Hall–Kier alpha value is -2.83. The molecule has 1 aliphatic carbocycles. The van der Waals surface area contributed by atoms with Gasteiger partial charge in [-0.25, -0.2) is 18.7 Å². The minimum Gasteiger partial charge on any atom is -0.306 e. The van der Waals surface area contributed by atoms with Gasteiger partial charge in [0, 0.05) is 24.4 Å². The molecule has 1 fully saturated rings. The number of fused-ring (bicyclic) bond motifs is 2. The highest BCUT2D eigenvalue weighted by molar-refractivity contribution is 5.80. The van der Waals surface area contributed by atoms with Crippen molar-refractivity contribution in [3.8, 4) is 5.95 Å².